The van der Waals surface area contributed by atoms with Crippen molar-refractivity contribution in [2.75, 3.05) is 6.61 Å². The van der Waals surface area contributed by atoms with Crippen LogP contribution in [-0.2, 0) is 4.74 Å². The quantitative estimate of drug-likeness (QED) is 0.722. The molecule has 19 heavy (non-hydrogen) atoms. The van der Waals surface area contributed by atoms with E-state index in [0.717, 1.165) is 24.5 Å². The molecule has 0 amide bonds. The largest absolute Gasteiger partial charge is 0.373 e. The minimum atomic E-state index is 0.232. The van der Waals surface area contributed by atoms with E-state index in [1.54, 1.807) is 0 Å². The Balaban J connectivity index is 1.80. The van der Waals surface area contributed by atoms with Crippen molar-refractivity contribution in [1.29, 1.82) is 5.26 Å². The summed E-state index contributed by atoms with van der Waals surface area (Å²) in [5.74, 6) is 0.751. The average molecular weight is 257 g/mol. The molecule has 0 unspecified atom stereocenters. The Bertz CT molecular complexity index is 410. The van der Waals surface area contributed by atoms with Gasteiger partial charge < -0.3 is 4.74 Å². The van der Waals surface area contributed by atoms with Crippen molar-refractivity contribution in [1.82, 2.24) is 0 Å². The second kappa shape index (κ2) is 7.31. The normalized spacial score (nSPS) is 22.9. The fourth-order valence-electron chi connectivity index (χ4n) is 2.75. The van der Waals surface area contributed by atoms with Crippen molar-refractivity contribution >= 4 is 0 Å². The van der Waals surface area contributed by atoms with Gasteiger partial charge in [-0.1, -0.05) is 38.3 Å². The first-order chi connectivity index (χ1) is 9.33. The van der Waals surface area contributed by atoms with Crippen LogP contribution in [0.15, 0.2) is 24.3 Å². The summed E-state index contributed by atoms with van der Waals surface area (Å²) in [4.78, 5) is 0. The third-order valence-electron chi connectivity index (χ3n) is 4.00. The van der Waals surface area contributed by atoms with Gasteiger partial charge in [-0.3, -0.25) is 0 Å². The number of hydrogen-bond acceptors (Lipinski definition) is 2. The Kier molecular flexibility index (Phi) is 5.42. The van der Waals surface area contributed by atoms with Crippen LogP contribution in [0.4, 0.5) is 0 Å². The van der Waals surface area contributed by atoms with E-state index in [-0.39, 0.29) is 6.10 Å². The first-order valence-electron chi connectivity index (χ1n) is 7.45. The summed E-state index contributed by atoms with van der Waals surface area (Å²) in [7, 11) is 0. The molecule has 1 fully saturated rings. The van der Waals surface area contributed by atoms with Gasteiger partial charge in [0.25, 0.3) is 0 Å². The number of nitrogens with zero attached hydrogens (tertiary/aromatic N) is 1. The van der Waals surface area contributed by atoms with E-state index in [1.807, 2.05) is 24.3 Å². The molecule has 0 N–H and O–H groups in total. The molecule has 2 rings (SSSR count). The summed E-state index contributed by atoms with van der Waals surface area (Å²) < 4.78 is 6.00. The summed E-state index contributed by atoms with van der Waals surface area (Å²) in [6.45, 7) is 3.15. The Hall–Kier alpha value is -1.33. The molecule has 0 radical (unpaired) electrons. The molecular formula is C17H23NO. The lowest BCUT2D eigenvalue weighted by Crippen LogP contribution is -2.20. The zero-order chi connectivity index (χ0) is 13.5. The van der Waals surface area contributed by atoms with E-state index in [2.05, 4.69) is 13.0 Å². The second-order valence-electron chi connectivity index (χ2n) is 5.49. The standard InChI is InChI=1S/C17H23NO/c1-2-3-4-5-15-8-11-17(19-13-15)16-9-6-14(12-18)7-10-16/h6-7,9-10,15,17H,2-5,8,11,13H2,1H3/t15-,17+/m0/s1. The third kappa shape index (κ3) is 4.08. The first-order valence-corrected chi connectivity index (χ1v) is 7.45. The fourth-order valence-corrected chi connectivity index (χ4v) is 2.75. The number of nitriles is 1. The minimum absolute atomic E-state index is 0.232. The Morgan fingerprint density at radius 2 is 2.00 bits per heavy atom. The maximum Gasteiger partial charge on any atom is 0.0991 e. The molecule has 2 heteroatoms. The van der Waals surface area contributed by atoms with Gasteiger partial charge in [-0.05, 0) is 42.9 Å². The molecule has 102 valence electrons. The molecule has 1 aliphatic rings. The Morgan fingerprint density at radius 1 is 1.21 bits per heavy atom. The number of ether oxygens (including phenoxy) is 1. The van der Waals surface area contributed by atoms with Gasteiger partial charge >= 0.3 is 0 Å². The Morgan fingerprint density at radius 3 is 2.58 bits per heavy atom. The van der Waals surface area contributed by atoms with Crippen LogP contribution in [0.1, 0.15) is 62.7 Å². The van der Waals surface area contributed by atoms with Crippen molar-refractivity contribution in [3.05, 3.63) is 35.4 Å². The monoisotopic (exact) mass is 257 g/mol. The van der Waals surface area contributed by atoms with Crippen molar-refractivity contribution in [2.45, 2.75) is 51.6 Å². The van der Waals surface area contributed by atoms with Crippen LogP contribution >= 0.6 is 0 Å². The summed E-state index contributed by atoms with van der Waals surface area (Å²) in [6.07, 6.45) is 7.91. The zero-order valence-corrected chi connectivity index (χ0v) is 11.8. The first kappa shape index (κ1) is 14.1. The second-order valence-corrected chi connectivity index (χ2v) is 5.49. The highest BCUT2D eigenvalue weighted by Gasteiger charge is 2.22. The van der Waals surface area contributed by atoms with Crippen LogP contribution in [-0.4, -0.2) is 6.61 Å². The van der Waals surface area contributed by atoms with Crippen LogP contribution in [0.5, 0.6) is 0 Å². The van der Waals surface area contributed by atoms with Gasteiger partial charge in [0.2, 0.25) is 0 Å². The van der Waals surface area contributed by atoms with Gasteiger partial charge in [0.1, 0.15) is 0 Å². The van der Waals surface area contributed by atoms with Crippen LogP contribution in [0.3, 0.4) is 0 Å². The van der Waals surface area contributed by atoms with E-state index in [4.69, 9.17) is 10.00 Å². The van der Waals surface area contributed by atoms with E-state index < -0.39 is 0 Å². The summed E-state index contributed by atoms with van der Waals surface area (Å²) in [5.41, 5.74) is 1.93. The molecule has 0 aromatic heterocycles. The lowest BCUT2D eigenvalue weighted by molar-refractivity contribution is -0.0198. The highest BCUT2D eigenvalue weighted by Crippen LogP contribution is 2.32. The summed E-state index contributed by atoms with van der Waals surface area (Å²) >= 11 is 0. The fraction of sp³-hybridized carbons (Fsp3) is 0.588. The smallest absolute Gasteiger partial charge is 0.0991 e. The number of hydrogen-bond donors (Lipinski definition) is 0. The van der Waals surface area contributed by atoms with Gasteiger partial charge in [0, 0.05) is 0 Å². The predicted octanol–water partition coefficient (Wildman–Crippen LogP) is 4.61. The molecule has 2 nitrogen and oxygen atoms in total. The predicted molar refractivity (Wildman–Crippen MR) is 76.7 cm³/mol. The summed E-state index contributed by atoms with van der Waals surface area (Å²) in [5, 5.41) is 8.80. The maximum atomic E-state index is 8.80. The topological polar surface area (TPSA) is 33.0 Å². The lowest BCUT2D eigenvalue weighted by Gasteiger charge is -2.29. The van der Waals surface area contributed by atoms with E-state index in [0.29, 0.717) is 0 Å². The van der Waals surface area contributed by atoms with Gasteiger partial charge in [-0.2, -0.15) is 5.26 Å². The molecule has 0 saturated carbocycles. The molecule has 0 aliphatic carbocycles. The average Bonchev–Trinajstić information content (AvgIpc) is 2.48. The van der Waals surface area contributed by atoms with E-state index >= 15 is 0 Å². The lowest BCUT2D eigenvalue weighted by atomic mass is 9.91. The van der Waals surface area contributed by atoms with Crippen LogP contribution in [0.2, 0.25) is 0 Å². The minimum Gasteiger partial charge on any atom is -0.373 e. The molecule has 1 heterocycles. The molecule has 0 bridgehead atoms. The number of benzene rings is 1. The molecule has 1 aromatic carbocycles. The van der Waals surface area contributed by atoms with Crippen LogP contribution < -0.4 is 0 Å². The molecule has 1 aliphatic heterocycles. The van der Waals surface area contributed by atoms with Crippen molar-refractivity contribution < 1.29 is 4.74 Å². The SMILES string of the molecule is CCCCC[C@H]1CC[C@H](c2ccc(C#N)cc2)OC1. The molecule has 2 atom stereocenters. The van der Waals surface area contributed by atoms with Crippen LogP contribution in [0.25, 0.3) is 0 Å². The molecule has 0 spiro atoms. The van der Waals surface area contributed by atoms with Crippen molar-refractivity contribution in [3.8, 4) is 6.07 Å². The number of rotatable bonds is 5. The zero-order valence-electron chi connectivity index (χ0n) is 11.8. The maximum absolute atomic E-state index is 8.80. The van der Waals surface area contributed by atoms with Crippen LogP contribution in [0, 0.1) is 17.2 Å². The van der Waals surface area contributed by atoms with E-state index in [9.17, 15) is 0 Å². The highest BCUT2D eigenvalue weighted by atomic mass is 16.5. The Labute approximate surface area is 116 Å². The number of unbranched alkanes of at least 4 members (excludes halogenated alkanes) is 2. The third-order valence-corrected chi connectivity index (χ3v) is 4.00. The van der Waals surface area contributed by atoms with E-state index in [1.165, 1.54) is 37.7 Å². The molecule has 1 aromatic rings. The van der Waals surface area contributed by atoms with Gasteiger partial charge in [-0.15, -0.1) is 0 Å². The van der Waals surface area contributed by atoms with Gasteiger partial charge in [0.05, 0.1) is 24.3 Å². The molecule has 1 saturated heterocycles. The molecular weight excluding hydrogens is 234 g/mol. The van der Waals surface area contributed by atoms with Gasteiger partial charge in [0.15, 0.2) is 0 Å². The van der Waals surface area contributed by atoms with Gasteiger partial charge in [-0.25, -0.2) is 0 Å². The van der Waals surface area contributed by atoms with Crippen molar-refractivity contribution in [3.63, 3.8) is 0 Å². The highest BCUT2D eigenvalue weighted by molar-refractivity contribution is 5.32. The summed E-state index contributed by atoms with van der Waals surface area (Å²) in [6, 6.07) is 9.97. The van der Waals surface area contributed by atoms with Crippen molar-refractivity contribution in [2.24, 2.45) is 5.92 Å².